The van der Waals surface area contributed by atoms with E-state index in [1.165, 1.54) is 11.6 Å². The van der Waals surface area contributed by atoms with Crippen LogP contribution in [-0.2, 0) is 6.54 Å². The van der Waals surface area contributed by atoms with E-state index >= 15 is 0 Å². The number of rotatable bonds is 3. The molecule has 0 radical (unpaired) electrons. The lowest BCUT2D eigenvalue weighted by molar-refractivity contribution is 0.153. The predicted molar refractivity (Wildman–Crippen MR) is 88.6 cm³/mol. The van der Waals surface area contributed by atoms with Gasteiger partial charge in [-0.1, -0.05) is 18.2 Å². The Labute approximate surface area is 137 Å². The molecule has 0 amide bonds. The minimum absolute atomic E-state index is 0. The third-order valence-corrected chi connectivity index (χ3v) is 3.95. The minimum atomic E-state index is -0.171. The molecule has 22 heavy (non-hydrogen) atoms. The molecule has 1 unspecified atom stereocenters. The van der Waals surface area contributed by atoms with Crippen LogP contribution in [0.2, 0.25) is 0 Å². The number of aromatic nitrogens is 1. The van der Waals surface area contributed by atoms with Gasteiger partial charge in [0.15, 0.2) is 0 Å². The standard InChI is InChI=1S/C17H20FN3.ClH/c1-13-5-6-14(10-20-13)12-21-8-7-19-11-17(21)15-3-2-4-16(18)9-15;/h2-6,9-10,17,19H,7-8,11-12H2,1H3;1H. The van der Waals surface area contributed by atoms with E-state index in [0.717, 1.165) is 37.4 Å². The van der Waals surface area contributed by atoms with Crippen molar-refractivity contribution < 1.29 is 4.39 Å². The van der Waals surface area contributed by atoms with Crippen molar-refractivity contribution in [2.24, 2.45) is 0 Å². The zero-order chi connectivity index (χ0) is 14.7. The van der Waals surface area contributed by atoms with Gasteiger partial charge in [0.25, 0.3) is 0 Å². The largest absolute Gasteiger partial charge is 0.314 e. The Morgan fingerprint density at radius 1 is 1.32 bits per heavy atom. The highest BCUT2D eigenvalue weighted by molar-refractivity contribution is 5.85. The summed E-state index contributed by atoms with van der Waals surface area (Å²) >= 11 is 0. The van der Waals surface area contributed by atoms with Crippen LogP contribution in [0.3, 0.4) is 0 Å². The molecule has 1 aromatic carbocycles. The summed E-state index contributed by atoms with van der Waals surface area (Å²) in [5.74, 6) is -0.171. The second-order valence-corrected chi connectivity index (χ2v) is 5.55. The molecule has 1 aliphatic rings. The van der Waals surface area contributed by atoms with Gasteiger partial charge >= 0.3 is 0 Å². The summed E-state index contributed by atoms with van der Waals surface area (Å²) in [5, 5.41) is 3.40. The molecule has 1 fully saturated rings. The SMILES string of the molecule is Cc1ccc(CN2CCNCC2c2cccc(F)c2)cn1.Cl. The summed E-state index contributed by atoms with van der Waals surface area (Å²) in [6, 6.07) is 11.3. The Kier molecular flexibility index (Phi) is 5.89. The van der Waals surface area contributed by atoms with Gasteiger partial charge in [-0.05, 0) is 36.2 Å². The molecule has 1 aromatic heterocycles. The van der Waals surface area contributed by atoms with Crippen LogP contribution in [0.25, 0.3) is 0 Å². The quantitative estimate of drug-likeness (QED) is 0.941. The van der Waals surface area contributed by atoms with E-state index in [4.69, 9.17) is 0 Å². The number of nitrogens with zero attached hydrogens (tertiary/aromatic N) is 2. The third kappa shape index (κ3) is 4.03. The summed E-state index contributed by atoms with van der Waals surface area (Å²) in [6.07, 6.45) is 1.93. The number of halogens is 2. The molecule has 3 rings (SSSR count). The van der Waals surface area contributed by atoms with E-state index in [9.17, 15) is 4.39 Å². The van der Waals surface area contributed by atoms with Crippen LogP contribution in [0, 0.1) is 12.7 Å². The first kappa shape index (κ1) is 16.9. The first-order valence-corrected chi connectivity index (χ1v) is 7.34. The third-order valence-electron chi connectivity index (χ3n) is 3.95. The van der Waals surface area contributed by atoms with Crippen LogP contribution in [0.5, 0.6) is 0 Å². The average Bonchev–Trinajstić information content (AvgIpc) is 2.50. The maximum Gasteiger partial charge on any atom is 0.123 e. The van der Waals surface area contributed by atoms with Gasteiger partial charge in [-0.25, -0.2) is 4.39 Å². The summed E-state index contributed by atoms with van der Waals surface area (Å²) in [4.78, 5) is 6.74. The van der Waals surface area contributed by atoms with Crippen molar-refractivity contribution in [3.05, 3.63) is 65.2 Å². The highest BCUT2D eigenvalue weighted by Crippen LogP contribution is 2.24. The normalized spacial score (nSPS) is 18.7. The zero-order valence-corrected chi connectivity index (χ0v) is 13.4. The van der Waals surface area contributed by atoms with Gasteiger partial charge in [0.1, 0.15) is 5.82 Å². The van der Waals surface area contributed by atoms with Gasteiger partial charge < -0.3 is 5.32 Å². The van der Waals surface area contributed by atoms with Crippen LogP contribution in [0.1, 0.15) is 22.9 Å². The fourth-order valence-electron chi connectivity index (χ4n) is 2.80. The number of hydrogen-bond acceptors (Lipinski definition) is 3. The molecule has 118 valence electrons. The predicted octanol–water partition coefficient (Wildman–Crippen LogP) is 3.10. The second kappa shape index (κ2) is 7.68. The Hall–Kier alpha value is -1.49. The van der Waals surface area contributed by atoms with E-state index in [1.54, 1.807) is 12.1 Å². The topological polar surface area (TPSA) is 28.2 Å². The molecule has 2 heterocycles. The number of piperazine rings is 1. The zero-order valence-electron chi connectivity index (χ0n) is 12.6. The van der Waals surface area contributed by atoms with Crippen LogP contribution in [-0.4, -0.2) is 29.5 Å². The molecule has 1 aliphatic heterocycles. The van der Waals surface area contributed by atoms with Crippen LogP contribution >= 0.6 is 12.4 Å². The second-order valence-electron chi connectivity index (χ2n) is 5.55. The monoisotopic (exact) mass is 321 g/mol. The first-order valence-electron chi connectivity index (χ1n) is 7.34. The molecule has 0 saturated carbocycles. The molecule has 2 aromatic rings. The van der Waals surface area contributed by atoms with Crippen LogP contribution < -0.4 is 5.32 Å². The highest BCUT2D eigenvalue weighted by Gasteiger charge is 2.24. The summed E-state index contributed by atoms with van der Waals surface area (Å²) in [7, 11) is 0. The van der Waals surface area contributed by atoms with Crippen LogP contribution in [0.15, 0.2) is 42.6 Å². The van der Waals surface area contributed by atoms with Crippen LogP contribution in [0.4, 0.5) is 4.39 Å². The Morgan fingerprint density at radius 2 is 2.18 bits per heavy atom. The van der Waals surface area contributed by atoms with E-state index in [0.29, 0.717) is 0 Å². The fourth-order valence-corrected chi connectivity index (χ4v) is 2.80. The lowest BCUT2D eigenvalue weighted by Gasteiger charge is -2.36. The molecule has 3 nitrogen and oxygen atoms in total. The maximum absolute atomic E-state index is 13.5. The summed E-state index contributed by atoms with van der Waals surface area (Å²) in [6.45, 7) is 5.60. The number of nitrogens with one attached hydrogen (secondary N) is 1. The fraction of sp³-hybridized carbons (Fsp3) is 0.353. The number of pyridine rings is 1. The van der Waals surface area contributed by atoms with Gasteiger partial charge in [-0.15, -0.1) is 12.4 Å². The molecular weight excluding hydrogens is 301 g/mol. The van der Waals surface area contributed by atoms with E-state index in [1.807, 2.05) is 25.3 Å². The van der Waals surface area contributed by atoms with Crippen molar-refractivity contribution in [1.82, 2.24) is 15.2 Å². The molecule has 1 N–H and O–H groups in total. The lowest BCUT2D eigenvalue weighted by Crippen LogP contribution is -2.45. The first-order chi connectivity index (χ1) is 10.2. The lowest BCUT2D eigenvalue weighted by atomic mass is 10.0. The van der Waals surface area contributed by atoms with Crippen molar-refractivity contribution in [3.8, 4) is 0 Å². The molecule has 0 spiro atoms. The molecule has 0 bridgehead atoms. The molecule has 1 atom stereocenters. The van der Waals surface area contributed by atoms with Crippen molar-refractivity contribution >= 4 is 12.4 Å². The van der Waals surface area contributed by atoms with Gasteiger partial charge in [-0.3, -0.25) is 9.88 Å². The minimum Gasteiger partial charge on any atom is -0.314 e. The van der Waals surface area contributed by atoms with Crippen molar-refractivity contribution in [3.63, 3.8) is 0 Å². The number of hydrogen-bond donors (Lipinski definition) is 1. The Balaban J connectivity index is 0.00000176. The van der Waals surface area contributed by atoms with Gasteiger partial charge in [0, 0.05) is 44.1 Å². The van der Waals surface area contributed by atoms with E-state index < -0.39 is 0 Å². The smallest absolute Gasteiger partial charge is 0.123 e. The van der Waals surface area contributed by atoms with Gasteiger partial charge in [0.05, 0.1) is 0 Å². The van der Waals surface area contributed by atoms with Crippen molar-refractivity contribution in [1.29, 1.82) is 0 Å². The number of aryl methyl sites for hydroxylation is 1. The van der Waals surface area contributed by atoms with Gasteiger partial charge in [0.2, 0.25) is 0 Å². The van der Waals surface area contributed by atoms with E-state index in [2.05, 4.69) is 21.3 Å². The Bertz CT molecular complexity index is 603. The molecular formula is C17H21ClFN3. The average molecular weight is 322 g/mol. The van der Waals surface area contributed by atoms with Gasteiger partial charge in [-0.2, -0.15) is 0 Å². The molecule has 5 heteroatoms. The van der Waals surface area contributed by atoms with E-state index in [-0.39, 0.29) is 24.3 Å². The van der Waals surface area contributed by atoms with Crippen molar-refractivity contribution in [2.45, 2.75) is 19.5 Å². The Morgan fingerprint density at radius 3 is 2.91 bits per heavy atom. The summed E-state index contributed by atoms with van der Waals surface area (Å²) in [5.41, 5.74) is 3.26. The highest BCUT2D eigenvalue weighted by atomic mass is 35.5. The van der Waals surface area contributed by atoms with Crippen molar-refractivity contribution in [2.75, 3.05) is 19.6 Å². The maximum atomic E-state index is 13.5. The molecule has 1 saturated heterocycles. The number of benzene rings is 1. The summed E-state index contributed by atoms with van der Waals surface area (Å²) < 4.78 is 13.5. The molecule has 0 aliphatic carbocycles.